The van der Waals surface area contributed by atoms with Crippen LogP contribution in [0.5, 0.6) is 0 Å². The van der Waals surface area contributed by atoms with E-state index in [1.165, 1.54) is 7.11 Å². The summed E-state index contributed by atoms with van der Waals surface area (Å²) in [6.45, 7) is 4.45. The number of hydrogen-bond acceptors (Lipinski definition) is 4. The fourth-order valence-electron chi connectivity index (χ4n) is 3.15. The molecule has 0 N–H and O–H groups in total. The Kier molecular flexibility index (Phi) is 4.80. The van der Waals surface area contributed by atoms with Crippen molar-refractivity contribution in [3.63, 3.8) is 0 Å². The van der Waals surface area contributed by atoms with Gasteiger partial charge in [0.05, 0.1) is 13.2 Å². The van der Waals surface area contributed by atoms with Gasteiger partial charge in [-0.2, -0.15) is 0 Å². The lowest BCUT2D eigenvalue weighted by atomic mass is 9.99. The van der Waals surface area contributed by atoms with Crippen molar-refractivity contribution in [2.24, 2.45) is 0 Å². The van der Waals surface area contributed by atoms with E-state index in [0.717, 1.165) is 51.7 Å². The van der Waals surface area contributed by atoms with Crippen LogP contribution in [0.3, 0.4) is 0 Å². The Balaban J connectivity index is 2.03. The minimum atomic E-state index is -0.250. The molecule has 2 heterocycles. The zero-order chi connectivity index (χ0) is 13.8. The SMILES string of the molecule is COC(=O)[C@H]1CCCCN1C(C)C(=O)N1CCCC1. The summed E-state index contributed by atoms with van der Waals surface area (Å²) < 4.78 is 4.87. The smallest absolute Gasteiger partial charge is 0.323 e. The van der Waals surface area contributed by atoms with Crippen molar-refractivity contribution in [2.45, 2.75) is 51.1 Å². The van der Waals surface area contributed by atoms with Gasteiger partial charge < -0.3 is 9.64 Å². The number of amides is 1. The Morgan fingerprint density at radius 1 is 1.11 bits per heavy atom. The van der Waals surface area contributed by atoms with Gasteiger partial charge in [0, 0.05) is 13.1 Å². The van der Waals surface area contributed by atoms with Gasteiger partial charge in [-0.3, -0.25) is 14.5 Å². The first-order valence-electron chi connectivity index (χ1n) is 7.27. The zero-order valence-electron chi connectivity index (χ0n) is 11.9. The van der Waals surface area contributed by atoms with E-state index in [-0.39, 0.29) is 24.0 Å². The average molecular weight is 268 g/mol. The molecule has 0 radical (unpaired) electrons. The van der Waals surface area contributed by atoms with E-state index >= 15 is 0 Å². The maximum atomic E-state index is 12.4. The molecule has 1 amide bonds. The second-order valence-corrected chi connectivity index (χ2v) is 5.48. The fourth-order valence-corrected chi connectivity index (χ4v) is 3.15. The number of hydrogen-bond donors (Lipinski definition) is 0. The number of rotatable bonds is 3. The van der Waals surface area contributed by atoms with Gasteiger partial charge in [-0.05, 0) is 39.2 Å². The summed E-state index contributed by atoms with van der Waals surface area (Å²) in [5.74, 6) is -0.0472. The predicted molar refractivity (Wildman–Crippen MR) is 71.6 cm³/mol. The Morgan fingerprint density at radius 3 is 2.37 bits per heavy atom. The molecule has 5 heteroatoms. The lowest BCUT2D eigenvalue weighted by Crippen LogP contribution is -2.55. The maximum Gasteiger partial charge on any atom is 0.323 e. The van der Waals surface area contributed by atoms with E-state index in [9.17, 15) is 9.59 Å². The summed E-state index contributed by atoms with van der Waals surface area (Å²) in [4.78, 5) is 28.2. The first kappa shape index (κ1) is 14.3. The maximum absolute atomic E-state index is 12.4. The van der Waals surface area contributed by atoms with Crippen LogP contribution in [0.25, 0.3) is 0 Å². The van der Waals surface area contributed by atoms with E-state index < -0.39 is 0 Å². The van der Waals surface area contributed by atoms with Crippen LogP contribution in [0, 0.1) is 0 Å². The monoisotopic (exact) mass is 268 g/mol. The Morgan fingerprint density at radius 2 is 1.74 bits per heavy atom. The first-order chi connectivity index (χ1) is 9.15. The predicted octanol–water partition coefficient (Wildman–Crippen LogP) is 1.02. The molecular formula is C14H24N2O3. The van der Waals surface area contributed by atoms with Crippen molar-refractivity contribution >= 4 is 11.9 Å². The summed E-state index contributed by atoms with van der Waals surface area (Å²) in [5.41, 5.74) is 0. The van der Waals surface area contributed by atoms with Crippen LogP contribution in [-0.2, 0) is 14.3 Å². The minimum absolute atomic E-state index is 0.160. The highest BCUT2D eigenvalue weighted by molar-refractivity contribution is 5.83. The number of likely N-dealkylation sites (tertiary alicyclic amines) is 2. The molecule has 1 unspecified atom stereocenters. The number of carbonyl (C=O) groups excluding carboxylic acids is 2. The van der Waals surface area contributed by atoms with Crippen LogP contribution in [0.15, 0.2) is 0 Å². The van der Waals surface area contributed by atoms with Crippen molar-refractivity contribution in [2.75, 3.05) is 26.7 Å². The van der Waals surface area contributed by atoms with Gasteiger partial charge in [-0.15, -0.1) is 0 Å². The molecule has 0 aromatic carbocycles. The highest BCUT2D eigenvalue weighted by Gasteiger charge is 2.37. The molecule has 0 aliphatic carbocycles. The second kappa shape index (κ2) is 6.37. The van der Waals surface area contributed by atoms with Gasteiger partial charge in [0.1, 0.15) is 6.04 Å². The van der Waals surface area contributed by atoms with Gasteiger partial charge >= 0.3 is 5.97 Å². The Labute approximate surface area is 114 Å². The van der Waals surface area contributed by atoms with E-state index in [1.54, 1.807) is 0 Å². The molecule has 2 fully saturated rings. The third kappa shape index (κ3) is 3.08. The van der Waals surface area contributed by atoms with Gasteiger partial charge in [0.25, 0.3) is 0 Å². The topological polar surface area (TPSA) is 49.9 Å². The molecule has 0 aromatic heterocycles. The number of carbonyl (C=O) groups is 2. The minimum Gasteiger partial charge on any atom is -0.468 e. The highest BCUT2D eigenvalue weighted by atomic mass is 16.5. The van der Waals surface area contributed by atoms with Crippen LogP contribution >= 0.6 is 0 Å². The third-order valence-electron chi connectivity index (χ3n) is 4.29. The second-order valence-electron chi connectivity index (χ2n) is 5.48. The summed E-state index contributed by atoms with van der Waals surface area (Å²) in [6, 6.07) is -0.470. The third-order valence-corrected chi connectivity index (χ3v) is 4.29. The summed E-state index contributed by atoms with van der Waals surface area (Å²) >= 11 is 0. The standard InChI is InChI=1S/C14H24N2O3/c1-11(13(17)15-8-5-6-9-15)16-10-4-3-7-12(16)14(18)19-2/h11-12H,3-10H2,1-2H3/t11?,12-/m1/s1. The van der Waals surface area contributed by atoms with Crippen molar-refractivity contribution in [1.82, 2.24) is 9.80 Å². The number of methoxy groups -OCH3 is 1. The molecule has 0 bridgehead atoms. The number of ether oxygens (including phenoxy) is 1. The fraction of sp³-hybridized carbons (Fsp3) is 0.857. The molecule has 0 aromatic rings. The molecule has 0 saturated carbocycles. The molecule has 108 valence electrons. The lowest BCUT2D eigenvalue weighted by molar-refractivity contribution is -0.152. The molecule has 2 aliphatic heterocycles. The van der Waals surface area contributed by atoms with Crippen LogP contribution < -0.4 is 0 Å². The van der Waals surface area contributed by atoms with E-state index in [1.807, 2.05) is 16.7 Å². The molecule has 2 aliphatic rings. The number of nitrogens with zero attached hydrogens (tertiary/aromatic N) is 2. The summed E-state index contributed by atoms with van der Waals surface area (Å²) in [7, 11) is 1.42. The molecule has 5 nitrogen and oxygen atoms in total. The average Bonchev–Trinajstić information content (AvgIpc) is 2.99. The van der Waals surface area contributed by atoms with Crippen molar-refractivity contribution in [3.05, 3.63) is 0 Å². The molecule has 2 rings (SSSR count). The Hall–Kier alpha value is -1.10. The number of esters is 1. The molecule has 19 heavy (non-hydrogen) atoms. The Bertz CT molecular complexity index is 340. The largest absolute Gasteiger partial charge is 0.468 e. The summed E-state index contributed by atoms with van der Waals surface area (Å²) in [6.07, 6.45) is 5.06. The molecule has 2 atom stereocenters. The van der Waals surface area contributed by atoms with Crippen LogP contribution in [0.2, 0.25) is 0 Å². The van der Waals surface area contributed by atoms with Crippen molar-refractivity contribution < 1.29 is 14.3 Å². The quantitative estimate of drug-likeness (QED) is 0.717. The first-order valence-corrected chi connectivity index (χ1v) is 7.27. The van der Waals surface area contributed by atoms with E-state index in [0.29, 0.717) is 0 Å². The summed E-state index contributed by atoms with van der Waals surface area (Å²) in [5, 5.41) is 0. The van der Waals surface area contributed by atoms with Gasteiger partial charge in [0.2, 0.25) is 5.91 Å². The van der Waals surface area contributed by atoms with Crippen LogP contribution in [-0.4, -0.2) is 60.5 Å². The molecule has 0 spiro atoms. The van der Waals surface area contributed by atoms with Crippen molar-refractivity contribution in [1.29, 1.82) is 0 Å². The van der Waals surface area contributed by atoms with E-state index in [2.05, 4.69) is 0 Å². The van der Waals surface area contributed by atoms with Crippen LogP contribution in [0.1, 0.15) is 39.0 Å². The molecular weight excluding hydrogens is 244 g/mol. The highest BCUT2D eigenvalue weighted by Crippen LogP contribution is 2.22. The van der Waals surface area contributed by atoms with Crippen molar-refractivity contribution in [3.8, 4) is 0 Å². The van der Waals surface area contributed by atoms with Gasteiger partial charge in [-0.25, -0.2) is 0 Å². The normalized spacial score (nSPS) is 26.2. The molecule has 2 saturated heterocycles. The zero-order valence-corrected chi connectivity index (χ0v) is 11.9. The van der Waals surface area contributed by atoms with Gasteiger partial charge in [0.15, 0.2) is 0 Å². The van der Waals surface area contributed by atoms with Crippen LogP contribution in [0.4, 0.5) is 0 Å². The lowest BCUT2D eigenvalue weighted by Gasteiger charge is -2.38. The van der Waals surface area contributed by atoms with Gasteiger partial charge in [-0.1, -0.05) is 6.42 Å². The number of piperidine rings is 1. The van der Waals surface area contributed by atoms with E-state index in [4.69, 9.17) is 4.74 Å².